The maximum atomic E-state index is 6.13. The largest absolute Gasteiger partial charge is 0.363 e. The molecular formula is C18H21BrN2. The second-order valence-electron chi connectivity index (χ2n) is 5.90. The van der Waals surface area contributed by atoms with E-state index in [1.54, 1.807) is 0 Å². The number of anilines is 1. The number of nitrogens with zero attached hydrogens (tertiary/aromatic N) is 1. The van der Waals surface area contributed by atoms with E-state index < -0.39 is 0 Å². The van der Waals surface area contributed by atoms with E-state index in [4.69, 9.17) is 5.73 Å². The normalized spacial score (nSPS) is 19.2. The fourth-order valence-electron chi connectivity index (χ4n) is 3.29. The summed E-state index contributed by atoms with van der Waals surface area (Å²) in [5.74, 6) is 0.654. The lowest BCUT2D eigenvalue weighted by atomic mass is 9.91. The van der Waals surface area contributed by atoms with Crippen LogP contribution in [0.3, 0.4) is 0 Å². The predicted octanol–water partition coefficient (Wildman–Crippen LogP) is 4.15. The summed E-state index contributed by atoms with van der Waals surface area (Å²) in [6.07, 6.45) is 1.16. The minimum Gasteiger partial charge on any atom is -0.363 e. The summed E-state index contributed by atoms with van der Waals surface area (Å²) < 4.78 is 1.11. The van der Waals surface area contributed by atoms with Gasteiger partial charge in [0.2, 0.25) is 0 Å². The summed E-state index contributed by atoms with van der Waals surface area (Å²) in [5.41, 5.74) is 10.2. The van der Waals surface area contributed by atoms with Crippen LogP contribution in [0.5, 0.6) is 0 Å². The third kappa shape index (κ3) is 2.99. The number of rotatable bonds is 3. The molecule has 21 heavy (non-hydrogen) atoms. The molecule has 0 spiro atoms. The van der Waals surface area contributed by atoms with Gasteiger partial charge < -0.3 is 10.6 Å². The summed E-state index contributed by atoms with van der Waals surface area (Å²) in [5, 5.41) is 0. The van der Waals surface area contributed by atoms with Gasteiger partial charge in [0.1, 0.15) is 0 Å². The Morgan fingerprint density at radius 3 is 2.81 bits per heavy atom. The third-order valence-electron chi connectivity index (χ3n) is 4.21. The van der Waals surface area contributed by atoms with Gasteiger partial charge in [0.25, 0.3) is 0 Å². The fraction of sp³-hybridized carbons (Fsp3) is 0.333. The van der Waals surface area contributed by atoms with E-state index >= 15 is 0 Å². The molecule has 0 saturated carbocycles. The zero-order valence-electron chi connectivity index (χ0n) is 12.3. The first kappa shape index (κ1) is 14.6. The van der Waals surface area contributed by atoms with Crippen molar-refractivity contribution in [3.63, 3.8) is 0 Å². The first-order valence-electron chi connectivity index (χ1n) is 7.49. The summed E-state index contributed by atoms with van der Waals surface area (Å²) >= 11 is 3.57. The molecule has 2 unspecified atom stereocenters. The average Bonchev–Trinajstić information content (AvgIpc) is 2.48. The Balaban J connectivity index is 2.01. The number of halogens is 1. The molecule has 2 N–H and O–H groups in total. The van der Waals surface area contributed by atoms with Gasteiger partial charge >= 0.3 is 0 Å². The number of nitrogens with two attached hydrogens (primary N) is 1. The van der Waals surface area contributed by atoms with Gasteiger partial charge in [0, 0.05) is 23.2 Å². The van der Waals surface area contributed by atoms with Gasteiger partial charge in [0.15, 0.2) is 0 Å². The van der Waals surface area contributed by atoms with E-state index in [0.717, 1.165) is 17.4 Å². The molecule has 110 valence electrons. The molecule has 2 aromatic carbocycles. The number of fused-ring (bicyclic) bond motifs is 1. The Hall–Kier alpha value is -1.32. The zero-order valence-corrected chi connectivity index (χ0v) is 13.9. The Morgan fingerprint density at radius 2 is 2.05 bits per heavy atom. The fourth-order valence-corrected chi connectivity index (χ4v) is 3.71. The molecule has 0 aliphatic carbocycles. The van der Waals surface area contributed by atoms with E-state index in [1.807, 2.05) is 0 Å². The van der Waals surface area contributed by atoms with E-state index in [1.165, 1.54) is 16.8 Å². The van der Waals surface area contributed by atoms with Crippen molar-refractivity contribution in [2.24, 2.45) is 11.7 Å². The van der Waals surface area contributed by atoms with Gasteiger partial charge in [0.05, 0.1) is 6.04 Å². The van der Waals surface area contributed by atoms with Crippen LogP contribution in [0.4, 0.5) is 5.69 Å². The molecule has 0 fully saturated rings. The molecule has 1 aliphatic rings. The van der Waals surface area contributed by atoms with Crippen LogP contribution in [-0.2, 0) is 6.42 Å². The first-order valence-corrected chi connectivity index (χ1v) is 8.28. The molecule has 1 aliphatic heterocycles. The van der Waals surface area contributed by atoms with Gasteiger partial charge in [-0.25, -0.2) is 0 Å². The molecule has 2 nitrogen and oxygen atoms in total. The lowest BCUT2D eigenvalue weighted by Crippen LogP contribution is -2.40. The number of hydrogen-bond acceptors (Lipinski definition) is 2. The van der Waals surface area contributed by atoms with Crippen molar-refractivity contribution >= 4 is 21.6 Å². The Morgan fingerprint density at radius 1 is 1.24 bits per heavy atom. The molecule has 2 aromatic rings. The second-order valence-corrected chi connectivity index (χ2v) is 6.81. The van der Waals surface area contributed by atoms with Crippen LogP contribution in [0.15, 0.2) is 53.0 Å². The van der Waals surface area contributed by atoms with Crippen LogP contribution in [0.1, 0.15) is 24.1 Å². The summed E-state index contributed by atoms with van der Waals surface area (Å²) in [4.78, 5) is 2.48. The zero-order chi connectivity index (χ0) is 14.8. The van der Waals surface area contributed by atoms with Crippen LogP contribution in [-0.4, -0.2) is 13.1 Å². The minimum absolute atomic E-state index is 0.228. The Bertz CT molecular complexity index is 626. The van der Waals surface area contributed by atoms with Crippen LogP contribution in [0.2, 0.25) is 0 Å². The Labute approximate surface area is 135 Å². The highest BCUT2D eigenvalue weighted by Crippen LogP contribution is 2.35. The highest BCUT2D eigenvalue weighted by molar-refractivity contribution is 9.10. The summed E-state index contributed by atoms with van der Waals surface area (Å²) in [6.45, 7) is 4.00. The number of para-hydroxylation sites is 1. The van der Waals surface area contributed by atoms with Crippen molar-refractivity contribution in [2.75, 3.05) is 18.0 Å². The molecule has 0 bridgehead atoms. The quantitative estimate of drug-likeness (QED) is 0.906. The third-order valence-corrected chi connectivity index (χ3v) is 4.70. The standard InChI is InChI=1S/C18H21BrN2/c1-13-9-14-5-2-3-8-17(14)21(12-13)18(11-20)15-6-4-7-16(19)10-15/h2-8,10,13,18H,9,11-12,20H2,1H3. The van der Waals surface area contributed by atoms with Crippen molar-refractivity contribution < 1.29 is 0 Å². The number of benzene rings is 2. The highest BCUT2D eigenvalue weighted by Gasteiger charge is 2.27. The lowest BCUT2D eigenvalue weighted by molar-refractivity contribution is 0.490. The van der Waals surface area contributed by atoms with Crippen LogP contribution < -0.4 is 10.6 Å². The summed E-state index contributed by atoms with van der Waals surface area (Å²) in [6, 6.07) is 17.4. The van der Waals surface area contributed by atoms with Crippen molar-refractivity contribution in [1.29, 1.82) is 0 Å². The second kappa shape index (κ2) is 6.20. The molecule has 0 saturated heterocycles. The van der Waals surface area contributed by atoms with Gasteiger partial charge in [-0.2, -0.15) is 0 Å². The monoisotopic (exact) mass is 344 g/mol. The SMILES string of the molecule is CC1Cc2ccccc2N(C(CN)c2cccc(Br)c2)C1. The molecule has 2 atom stereocenters. The first-order chi connectivity index (χ1) is 10.2. The topological polar surface area (TPSA) is 29.3 Å². The minimum atomic E-state index is 0.228. The molecule has 0 amide bonds. The molecule has 3 heteroatoms. The van der Waals surface area contributed by atoms with Crippen molar-refractivity contribution in [1.82, 2.24) is 0 Å². The molecule has 0 aromatic heterocycles. The van der Waals surface area contributed by atoms with Crippen LogP contribution >= 0.6 is 15.9 Å². The van der Waals surface area contributed by atoms with Crippen LogP contribution in [0.25, 0.3) is 0 Å². The molecular weight excluding hydrogens is 324 g/mol. The van der Waals surface area contributed by atoms with E-state index in [9.17, 15) is 0 Å². The summed E-state index contributed by atoms with van der Waals surface area (Å²) in [7, 11) is 0. The molecule has 3 rings (SSSR count). The van der Waals surface area contributed by atoms with E-state index in [-0.39, 0.29) is 6.04 Å². The maximum Gasteiger partial charge on any atom is 0.0665 e. The predicted molar refractivity (Wildman–Crippen MR) is 92.6 cm³/mol. The van der Waals surface area contributed by atoms with E-state index in [0.29, 0.717) is 12.5 Å². The smallest absolute Gasteiger partial charge is 0.0665 e. The maximum absolute atomic E-state index is 6.13. The average molecular weight is 345 g/mol. The van der Waals surface area contributed by atoms with E-state index in [2.05, 4.69) is 76.3 Å². The van der Waals surface area contributed by atoms with Crippen molar-refractivity contribution in [3.05, 3.63) is 64.1 Å². The van der Waals surface area contributed by atoms with Gasteiger partial charge in [-0.05, 0) is 41.7 Å². The highest BCUT2D eigenvalue weighted by atomic mass is 79.9. The molecule has 1 heterocycles. The van der Waals surface area contributed by atoms with Crippen molar-refractivity contribution in [3.8, 4) is 0 Å². The number of hydrogen-bond donors (Lipinski definition) is 1. The molecule has 0 radical (unpaired) electrons. The Kier molecular flexibility index (Phi) is 4.32. The van der Waals surface area contributed by atoms with Gasteiger partial charge in [-0.1, -0.05) is 53.2 Å². The van der Waals surface area contributed by atoms with Gasteiger partial charge in [-0.15, -0.1) is 0 Å². The lowest BCUT2D eigenvalue weighted by Gasteiger charge is -2.40. The van der Waals surface area contributed by atoms with Crippen molar-refractivity contribution in [2.45, 2.75) is 19.4 Å². The van der Waals surface area contributed by atoms with Crippen LogP contribution in [0, 0.1) is 5.92 Å². The van der Waals surface area contributed by atoms with Gasteiger partial charge in [-0.3, -0.25) is 0 Å².